The summed E-state index contributed by atoms with van der Waals surface area (Å²) in [6.07, 6.45) is 0. The zero-order valence-corrected chi connectivity index (χ0v) is 14.2. The Morgan fingerprint density at radius 3 is 2.23 bits per heavy atom. The summed E-state index contributed by atoms with van der Waals surface area (Å²) in [6.45, 7) is 9.91. The number of nitrogens with one attached hydrogen (secondary N) is 1. The monoisotopic (exact) mass is 300 g/mol. The SMILES string of the molecule is COc1ccc(-n2c(C)cc(C(=O)NC(C)(C)C)c2C)cc1. The largest absolute Gasteiger partial charge is 0.497 e. The number of hydrogen-bond donors (Lipinski definition) is 1. The molecule has 0 spiro atoms. The van der Waals surface area contributed by atoms with Crippen molar-refractivity contribution in [3.63, 3.8) is 0 Å². The van der Waals surface area contributed by atoms with Crippen molar-refractivity contribution in [3.8, 4) is 11.4 Å². The van der Waals surface area contributed by atoms with E-state index in [1.807, 2.05) is 65.0 Å². The lowest BCUT2D eigenvalue weighted by Crippen LogP contribution is -2.40. The van der Waals surface area contributed by atoms with Gasteiger partial charge in [0.2, 0.25) is 0 Å². The van der Waals surface area contributed by atoms with E-state index in [9.17, 15) is 4.79 Å². The average molecular weight is 300 g/mol. The number of nitrogens with zero attached hydrogens (tertiary/aromatic N) is 1. The molecule has 1 aromatic carbocycles. The number of carbonyl (C=O) groups is 1. The molecule has 0 aliphatic rings. The number of amides is 1. The number of carbonyl (C=O) groups excluding carboxylic acids is 1. The third-order valence-electron chi connectivity index (χ3n) is 3.49. The summed E-state index contributed by atoms with van der Waals surface area (Å²) in [5.74, 6) is 0.775. The van der Waals surface area contributed by atoms with Crippen LogP contribution >= 0.6 is 0 Å². The third-order valence-corrected chi connectivity index (χ3v) is 3.49. The molecule has 0 bridgehead atoms. The van der Waals surface area contributed by atoms with E-state index < -0.39 is 0 Å². The van der Waals surface area contributed by atoms with Gasteiger partial charge in [-0.15, -0.1) is 0 Å². The summed E-state index contributed by atoms with van der Waals surface area (Å²) in [6, 6.07) is 9.75. The lowest BCUT2D eigenvalue weighted by Gasteiger charge is -2.20. The molecule has 0 aliphatic heterocycles. The van der Waals surface area contributed by atoms with Crippen LogP contribution in [-0.2, 0) is 0 Å². The Morgan fingerprint density at radius 2 is 1.73 bits per heavy atom. The molecule has 0 saturated heterocycles. The molecule has 1 amide bonds. The van der Waals surface area contributed by atoms with E-state index in [0.717, 1.165) is 22.8 Å². The van der Waals surface area contributed by atoms with Gasteiger partial charge < -0.3 is 14.6 Å². The zero-order valence-electron chi connectivity index (χ0n) is 14.2. The normalized spacial score (nSPS) is 11.4. The van der Waals surface area contributed by atoms with E-state index in [1.165, 1.54) is 0 Å². The van der Waals surface area contributed by atoms with Gasteiger partial charge in [0, 0.05) is 22.6 Å². The van der Waals surface area contributed by atoms with E-state index in [-0.39, 0.29) is 11.4 Å². The molecule has 0 aliphatic carbocycles. The molecule has 22 heavy (non-hydrogen) atoms. The van der Waals surface area contributed by atoms with Crippen molar-refractivity contribution in [2.24, 2.45) is 0 Å². The Labute approximate surface area is 132 Å². The maximum Gasteiger partial charge on any atom is 0.253 e. The molecular weight excluding hydrogens is 276 g/mol. The predicted octanol–water partition coefficient (Wildman–Crippen LogP) is 3.63. The molecule has 0 fully saturated rings. The van der Waals surface area contributed by atoms with Crippen LogP contribution in [0.1, 0.15) is 42.5 Å². The Balaban J connectivity index is 2.40. The fraction of sp³-hybridized carbons (Fsp3) is 0.389. The quantitative estimate of drug-likeness (QED) is 0.940. The molecule has 2 aromatic rings. The fourth-order valence-electron chi connectivity index (χ4n) is 2.53. The molecular formula is C18H24N2O2. The highest BCUT2D eigenvalue weighted by atomic mass is 16.5. The molecule has 0 unspecified atom stereocenters. The third kappa shape index (κ3) is 3.32. The van der Waals surface area contributed by atoms with Crippen molar-refractivity contribution in [3.05, 3.63) is 47.3 Å². The summed E-state index contributed by atoms with van der Waals surface area (Å²) >= 11 is 0. The van der Waals surface area contributed by atoms with Gasteiger partial charge in [0.25, 0.3) is 5.91 Å². The molecule has 4 nitrogen and oxygen atoms in total. The number of aromatic nitrogens is 1. The minimum atomic E-state index is -0.250. The first-order chi connectivity index (χ1) is 10.2. The number of benzene rings is 1. The summed E-state index contributed by atoms with van der Waals surface area (Å²) in [7, 11) is 1.65. The molecule has 118 valence electrons. The second kappa shape index (κ2) is 5.87. The summed E-state index contributed by atoms with van der Waals surface area (Å²) in [5.41, 5.74) is 3.44. The predicted molar refractivity (Wildman–Crippen MR) is 89.0 cm³/mol. The van der Waals surface area contributed by atoms with Gasteiger partial charge in [-0.2, -0.15) is 0 Å². The first-order valence-electron chi connectivity index (χ1n) is 7.39. The van der Waals surface area contributed by atoms with Gasteiger partial charge in [-0.25, -0.2) is 0 Å². The number of hydrogen-bond acceptors (Lipinski definition) is 2. The number of methoxy groups -OCH3 is 1. The lowest BCUT2D eigenvalue weighted by molar-refractivity contribution is 0.0919. The van der Waals surface area contributed by atoms with Crippen molar-refractivity contribution >= 4 is 5.91 Å². The van der Waals surface area contributed by atoms with Crippen LogP contribution in [0.2, 0.25) is 0 Å². The van der Waals surface area contributed by atoms with Crippen LogP contribution in [0.15, 0.2) is 30.3 Å². The van der Waals surface area contributed by atoms with E-state index in [4.69, 9.17) is 4.74 Å². The summed E-state index contributed by atoms with van der Waals surface area (Å²) in [4.78, 5) is 12.4. The Bertz CT molecular complexity index is 676. The average Bonchev–Trinajstić information content (AvgIpc) is 2.72. The molecule has 1 N–H and O–H groups in total. The van der Waals surface area contributed by atoms with Crippen molar-refractivity contribution < 1.29 is 9.53 Å². The van der Waals surface area contributed by atoms with Gasteiger partial charge in [-0.3, -0.25) is 4.79 Å². The topological polar surface area (TPSA) is 43.3 Å². The molecule has 0 atom stereocenters. The van der Waals surface area contributed by atoms with Gasteiger partial charge in [0.1, 0.15) is 5.75 Å². The molecule has 4 heteroatoms. The van der Waals surface area contributed by atoms with Crippen LogP contribution in [0.25, 0.3) is 5.69 Å². The van der Waals surface area contributed by atoms with Crippen LogP contribution in [-0.4, -0.2) is 23.1 Å². The maximum atomic E-state index is 12.4. The lowest BCUT2D eigenvalue weighted by atomic mass is 10.1. The van der Waals surface area contributed by atoms with Gasteiger partial charge in [-0.05, 0) is 65.0 Å². The fourth-order valence-corrected chi connectivity index (χ4v) is 2.53. The van der Waals surface area contributed by atoms with Crippen LogP contribution in [0.5, 0.6) is 5.75 Å². The van der Waals surface area contributed by atoms with Crippen LogP contribution < -0.4 is 10.1 Å². The Hall–Kier alpha value is -2.23. The van der Waals surface area contributed by atoms with Gasteiger partial charge in [0.15, 0.2) is 0 Å². The van der Waals surface area contributed by atoms with Gasteiger partial charge in [0.05, 0.1) is 12.7 Å². The van der Waals surface area contributed by atoms with E-state index in [0.29, 0.717) is 5.56 Å². The van der Waals surface area contributed by atoms with Gasteiger partial charge in [-0.1, -0.05) is 0 Å². The zero-order chi connectivity index (χ0) is 16.5. The van der Waals surface area contributed by atoms with Crippen LogP contribution in [0.3, 0.4) is 0 Å². The number of rotatable bonds is 3. The highest BCUT2D eigenvalue weighted by Gasteiger charge is 2.20. The number of aryl methyl sites for hydroxylation is 1. The van der Waals surface area contributed by atoms with Crippen molar-refractivity contribution in [2.45, 2.75) is 40.2 Å². The highest BCUT2D eigenvalue weighted by molar-refractivity contribution is 5.96. The second-order valence-electron chi connectivity index (χ2n) is 6.52. The van der Waals surface area contributed by atoms with Crippen LogP contribution in [0.4, 0.5) is 0 Å². The molecule has 1 aromatic heterocycles. The molecule has 2 rings (SSSR count). The van der Waals surface area contributed by atoms with Crippen molar-refractivity contribution in [1.29, 1.82) is 0 Å². The number of ether oxygens (including phenoxy) is 1. The molecule has 0 radical (unpaired) electrons. The van der Waals surface area contributed by atoms with E-state index in [1.54, 1.807) is 7.11 Å². The first-order valence-corrected chi connectivity index (χ1v) is 7.39. The molecule has 1 heterocycles. The summed E-state index contributed by atoms with van der Waals surface area (Å²) in [5, 5.41) is 3.01. The van der Waals surface area contributed by atoms with Gasteiger partial charge >= 0.3 is 0 Å². The minimum Gasteiger partial charge on any atom is -0.497 e. The van der Waals surface area contributed by atoms with Crippen LogP contribution in [0, 0.1) is 13.8 Å². The smallest absolute Gasteiger partial charge is 0.253 e. The highest BCUT2D eigenvalue weighted by Crippen LogP contribution is 2.23. The minimum absolute atomic E-state index is 0.0413. The Kier molecular flexibility index (Phi) is 4.31. The first kappa shape index (κ1) is 16.1. The van der Waals surface area contributed by atoms with E-state index in [2.05, 4.69) is 9.88 Å². The maximum absolute atomic E-state index is 12.4. The standard InChI is InChI=1S/C18H24N2O2/c1-12-11-16(17(21)19-18(3,4)5)13(2)20(12)14-7-9-15(22-6)10-8-14/h7-11H,1-6H3,(H,19,21). The summed E-state index contributed by atoms with van der Waals surface area (Å²) < 4.78 is 7.27. The van der Waals surface area contributed by atoms with Crippen molar-refractivity contribution in [2.75, 3.05) is 7.11 Å². The second-order valence-corrected chi connectivity index (χ2v) is 6.52. The van der Waals surface area contributed by atoms with Crippen molar-refractivity contribution in [1.82, 2.24) is 9.88 Å². The Morgan fingerprint density at radius 1 is 1.14 bits per heavy atom. The molecule has 0 saturated carbocycles. The van der Waals surface area contributed by atoms with E-state index >= 15 is 0 Å².